The number of hydrogen-bond acceptors (Lipinski definition) is 8. The summed E-state index contributed by atoms with van der Waals surface area (Å²) in [6.07, 6.45) is -0.873. The summed E-state index contributed by atoms with van der Waals surface area (Å²) < 4.78 is 29.5. The molecule has 0 aliphatic rings. The minimum atomic E-state index is -3.64. The van der Waals surface area contributed by atoms with E-state index in [4.69, 9.17) is 4.42 Å². The average molecular weight is 489 g/mol. The Bertz CT molecular complexity index is 950. The van der Waals surface area contributed by atoms with Crippen LogP contribution in [0.1, 0.15) is 58.5 Å². The number of rotatable bonds is 12. The summed E-state index contributed by atoms with van der Waals surface area (Å²) in [5.41, 5.74) is 0.353. The minimum Gasteiger partial charge on any atom is -0.431 e. The number of oxazole rings is 1. The van der Waals surface area contributed by atoms with Crippen LogP contribution in [0.4, 0.5) is 6.01 Å². The van der Waals surface area contributed by atoms with Crippen molar-refractivity contribution in [2.75, 3.05) is 17.5 Å². The van der Waals surface area contributed by atoms with E-state index < -0.39 is 40.1 Å². The first-order chi connectivity index (χ1) is 15.1. The van der Waals surface area contributed by atoms with Crippen LogP contribution in [-0.4, -0.2) is 66.5 Å². The summed E-state index contributed by atoms with van der Waals surface area (Å²) in [5, 5.41) is 27.1. The molecular formula is C21H36N4O7S. The summed E-state index contributed by atoms with van der Waals surface area (Å²) in [4.78, 5) is 29.1. The van der Waals surface area contributed by atoms with Gasteiger partial charge in [0.1, 0.15) is 18.5 Å². The third-order valence-corrected chi connectivity index (χ3v) is 5.08. The quantitative estimate of drug-likeness (QED) is 0.271. The summed E-state index contributed by atoms with van der Waals surface area (Å²) in [6.45, 7) is 11.3. The van der Waals surface area contributed by atoms with Gasteiger partial charge in [-0.1, -0.05) is 33.3 Å². The van der Waals surface area contributed by atoms with Crippen molar-refractivity contribution in [1.29, 1.82) is 0 Å². The fourth-order valence-electron chi connectivity index (χ4n) is 3.06. The van der Waals surface area contributed by atoms with Gasteiger partial charge in [0.2, 0.25) is 15.9 Å². The van der Waals surface area contributed by atoms with Crippen molar-refractivity contribution in [3.05, 3.63) is 23.1 Å². The van der Waals surface area contributed by atoms with Gasteiger partial charge < -0.3 is 25.3 Å². The first-order valence-corrected chi connectivity index (χ1v) is 12.6. The van der Waals surface area contributed by atoms with E-state index in [9.17, 15) is 28.2 Å². The molecule has 5 N–H and O–H groups in total. The van der Waals surface area contributed by atoms with Crippen LogP contribution in [0.15, 0.2) is 21.8 Å². The maximum Gasteiger partial charge on any atom is 0.309 e. The molecule has 1 rings (SSSR count). The molecule has 0 aromatic carbocycles. The molecule has 0 aliphatic carbocycles. The third-order valence-electron chi connectivity index (χ3n) is 4.54. The van der Waals surface area contributed by atoms with Gasteiger partial charge in [-0.3, -0.25) is 9.59 Å². The molecule has 0 unspecified atom stereocenters. The molecule has 1 heterocycles. The van der Waals surface area contributed by atoms with E-state index in [2.05, 4.69) is 15.6 Å². The molecule has 0 aliphatic heterocycles. The van der Waals surface area contributed by atoms with Gasteiger partial charge in [0.15, 0.2) is 5.69 Å². The minimum absolute atomic E-state index is 0.0295. The van der Waals surface area contributed by atoms with E-state index in [0.29, 0.717) is 18.5 Å². The van der Waals surface area contributed by atoms with Crippen LogP contribution >= 0.6 is 0 Å². The fraction of sp³-hybridized carbons (Fsp3) is 0.667. The summed E-state index contributed by atoms with van der Waals surface area (Å²) in [5.74, 6) is -0.994. The van der Waals surface area contributed by atoms with E-state index in [-0.39, 0.29) is 29.1 Å². The Morgan fingerprint density at radius 3 is 2.21 bits per heavy atom. The van der Waals surface area contributed by atoms with Crippen LogP contribution in [0.25, 0.3) is 0 Å². The third kappa shape index (κ3) is 9.52. The van der Waals surface area contributed by atoms with Crippen molar-refractivity contribution in [2.24, 2.45) is 11.8 Å². The topological polar surface area (TPSA) is 171 Å². The number of nitrogens with one attached hydrogen (secondary N) is 3. The van der Waals surface area contributed by atoms with Gasteiger partial charge >= 0.3 is 6.01 Å². The number of nitrogens with zero attached hydrogens (tertiary/aromatic N) is 1. The number of allylic oxidation sites excluding steroid dienone is 1. The maximum atomic E-state index is 12.7. The lowest BCUT2D eigenvalue weighted by Crippen LogP contribution is -2.51. The van der Waals surface area contributed by atoms with E-state index in [1.54, 1.807) is 13.8 Å². The molecule has 188 valence electrons. The van der Waals surface area contributed by atoms with Gasteiger partial charge in [-0.2, -0.15) is 4.98 Å². The average Bonchev–Trinajstić information content (AvgIpc) is 3.11. The highest BCUT2D eigenvalue weighted by atomic mass is 32.2. The fourth-order valence-corrected chi connectivity index (χ4v) is 3.47. The molecule has 2 amide bonds. The van der Waals surface area contributed by atoms with Crippen LogP contribution in [0.2, 0.25) is 0 Å². The van der Waals surface area contributed by atoms with E-state index in [1.807, 2.05) is 32.4 Å². The van der Waals surface area contributed by atoms with Crippen LogP contribution in [0.3, 0.4) is 0 Å². The van der Waals surface area contributed by atoms with Crippen molar-refractivity contribution in [3.8, 4) is 0 Å². The van der Waals surface area contributed by atoms with Crippen LogP contribution in [-0.2, 0) is 14.8 Å². The Morgan fingerprint density at radius 1 is 1.12 bits per heavy atom. The molecule has 12 heteroatoms. The largest absolute Gasteiger partial charge is 0.431 e. The Morgan fingerprint density at radius 2 is 1.73 bits per heavy atom. The van der Waals surface area contributed by atoms with Gasteiger partial charge in [0.25, 0.3) is 5.91 Å². The number of aliphatic hydroxyl groups is 2. The van der Waals surface area contributed by atoms with E-state index in [1.165, 1.54) is 0 Å². The molecule has 0 radical (unpaired) electrons. The Kier molecular flexibility index (Phi) is 10.5. The Balaban J connectivity index is 3.07. The molecule has 3 atom stereocenters. The molecule has 0 saturated heterocycles. The predicted octanol–water partition coefficient (Wildman–Crippen LogP) is 1.02. The lowest BCUT2D eigenvalue weighted by Gasteiger charge is -2.30. The molecule has 0 fully saturated rings. The Labute approximate surface area is 195 Å². The lowest BCUT2D eigenvalue weighted by atomic mass is 9.90. The van der Waals surface area contributed by atoms with Gasteiger partial charge in [0.05, 0.1) is 12.3 Å². The van der Waals surface area contributed by atoms with Crippen LogP contribution in [0.5, 0.6) is 0 Å². The zero-order valence-corrected chi connectivity index (χ0v) is 21.0. The molecule has 1 aromatic heterocycles. The van der Waals surface area contributed by atoms with Crippen molar-refractivity contribution in [2.45, 2.75) is 66.2 Å². The second-order valence-corrected chi connectivity index (χ2v) is 10.8. The standard InChI is InChI=1S/C21H36N4O7S/c1-11(2)8-14(23-19(28)15-10-32-21(24-15)25-33(7,30)31)17(26)18(27)16(13(5)6)20(29)22-9-12(3)4/h10-12,14,17-18,26-27H,8-9H2,1-7H3,(H,22,29)(H,23,28)(H,24,25)/t14-,17+,18+/m0/s1. The first kappa shape index (κ1) is 28.6. The second-order valence-electron chi connectivity index (χ2n) is 9.07. The van der Waals surface area contributed by atoms with Crippen molar-refractivity contribution in [1.82, 2.24) is 15.6 Å². The van der Waals surface area contributed by atoms with Crippen LogP contribution in [0, 0.1) is 11.8 Å². The van der Waals surface area contributed by atoms with Crippen molar-refractivity contribution in [3.63, 3.8) is 0 Å². The number of sulfonamides is 1. The maximum absolute atomic E-state index is 12.7. The SMILES string of the molecule is CC(C)=C(C(=O)NCC(C)C)[C@@H](O)[C@H](O)[C@H](CC(C)C)NC(=O)c1coc(NS(C)(=O)=O)n1. The van der Waals surface area contributed by atoms with Crippen LogP contribution < -0.4 is 15.4 Å². The molecule has 1 aromatic rings. The highest BCUT2D eigenvalue weighted by molar-refractivity contribution is 7.91. The number of aliphatic hydroxyl groups excluding tert-OH is 2. The van der Waals surface area contributed by atoms with Gasteiger partial charge in [-0.15, -0.1) is 0 Å². The van der Waals surface area contributed by atoms with E-state index >= 15 is 0 Å². The number of aromatic nitrogens is 1. The molecule has 0 saturated carbocycles. The first-order valence-electron chi connectivity index (χ1n) is 10.7. The highest BCUT2D eigenvalue weighted by Gasteiger charge is 2.34. The molecule has 0 spiro atoms. The van der Waals surface area contributed by atoms with Crippen molar-refractivity contribution >= 4 is 27.9 Å². The van der Waals surface area contributed by atoms with Gasteiger partial charge in [-0.25, -0.2) is 13.1 Å². The smallest absolute Gasteiger partial charge is 0.309 e. The van der Waals surface area contributed by atoms with Crippen molar-refractivity contribution < 1.29 is 32.6 Å². The number of carbonyl (C=O) groups excluding carboxylic acids is 2. The van der Waals surface area contributed by atoms with E-state index in [0.717, 1.165) is 12.5 Å². The highest BCUT2D eigenvalue weighted by Crippen LogP contribution is 2.19. The summed E-state index contributed by atoms with van der Waals surface area (Å²) >= 11 is 0. The normalized spacial score (nSPS) is 14.5. The van der Waals surface area contributed by atoms with Gasteiger partial charge in [0, 0.05) is 12.1 Å². The predicted molar refractivity (Wildman–Crippen MR) is 124 cm³/mol. The summed E-state index contributed by atoms with van der Waals surface area (Å²) in [6, 6.07) is -1.31. The molecular weight excluding hydrogens is 452 g/mol. The molecule has 0 bridgehead atoms. The Hall–Kier alpha value is -2.44. The summed E-state index contributed by atoms with van der Waals surface area (Å²) in [7, 11) is -3.64. The number of amides is 2. The molecule has 11 nitrogen and oxygen atoms in total. The zero-order chi connectivity index (χ0) is 25.5. The lowest BCUT2D eigenvalue weighted by molar-refractivity contribution is -0.119. The number of anilines is 1. The monoisotopic (exact) mass is 488 g/mol. The number of carbonyl (C=O) groups is 2. The second kappa shape index (κ2) is 12.1. The number of hydrogen-bond donors (Lipinski definition) is 5. The zero-order valence-electron chi connectivity index (χ0n) is 20.2. The van der Waals surface area contributed by atoms with Gasteiger partial charge in [-0.05, 0) is 32.1 Å². The molecule has 33 heavy (non-hydrogen) atoms.